The van der Waals surface area contributed by atoms with Crippen molar-refractivity contribution in [3.05, 3.63) is 88.9 Å². The smallest absolute Gasteiger partial charge is 0.270 e. The van der Waals surface area contributed by atoms with Gasteiger partial charge in [0.2, 0.25) is 17.8 Å². The van der Waals surface area contributed by atoms with E-state index < -0.39 is 11.8 Å². The van der Waals surface area contributed by atoms with Crippen molar-refractivity contribution >= 4 is 64.8 Å². The molecule has 3 amide bonds. The number of aliphatic imine (C=N–C) groups is 2. The Morgan fingerprint density at radius 2 is 1.68 bits per heavy atom. The summed E-state index contributed by atoms with van der Waals surface area (Å²) in [5.41, 5.74) is 21.3. The van der Waals surface area contributed by atoms with Gasteiger partial charge in [-0.2, -0.15) is 5.10 Å². The van der Waals surface area contributed by atoms with Crippen LogP contribution in [0.15, 0.2) is 76.4 Å². The van der Waals surface area contributed by atoms with Gasteiger partial charge in [-0.3, -0.25) is 38.7 Å². The van der Waals surface area contributed by atoms with E-state index in [4.69, 9.17) is 36.4 Å². The number of carbonyl (C=O) groups is 4. The van der Waals surface area contributed by atoms with Crippen LogP contribution in [0, 0.1) is 6.92 Å². The van der Waals surface area contributed by atoms with Gasteiger partial charge < -0.3 is 51.5 Å². The number of hydrogen-bond acceptors (Lipinski definition) is 15. The molecule has 0 spiro atoms. The molecule has 3 heterocycles. The molecule has 0 bridgehead atoms. The number of aryl methyl sites for hydroxylation is 2. The van der Waals surface area contributed by atoms with Gasteiger partial charge in [-0.25, -0.2) is 4.98 Å². The van der Waals surface area contributed by atoms with Crippen LogP contribution in [0.1, 0.15) is 57.7 Å². The lowest BCUT2D eigenvalue weighted by Gasteiger charge is -2.27. The number of benzene rings is 2. The maximum atomic E-state index is 13.4. The van der Waals surface area contributed by atoms with Gasteiger partial charge in [0, 0.05) is 69.7 Å². The second-order valence-electron chi connectivity index (χ2n) is 14.5. The molecule has 5 rings (SSSR count). The number of imidazole rings is 1. The molecule has 1 saturated heterocycles. The minimum atomic E-state index is -0.652. The zero-order valence-corrected chi connectivity index (χ0v) is 38.0. The standard InChI is InChI=1S/C38H49N11O6.C7H12N2O/c1-6-49-30(19-25(2)45-49)37(52)43-24-47(33-28(41-3)20-26(35(39)50)22-31(33)53-5)12-7-8-13-48-34-29(44-38(48)42-4)21-27(36(40)51)23-32(34)55-16-10-9-11-46-14-17-54-18-15-46;1-3-9-7(5-10)4-6(2)8/h7-10,19-23H,3,6,11-18,24H2,1-2,4-5H3,(H2,39,50)(H2,40,51)(H,42,44)(H,43,52);4-5H,3,8H2,1-2H3/b8-7+,10-9-;6-4-,9-7?. The first kappa shape index (κ1) is 50.3. The molecule has 65 heavy (non-hydrogen) atoms. The molecule has 1 aliphatic rings. The Morgan fingerprint density at radius 3 is 2.29 bits per heavy atom. The van der Waals surface area contributed by atoms with E-state index in [1.807, 2.05) is 48.5 Å². The van der Waals surface area contributed by atoms with Gasteiger partial charge in [-0.15, -0.1) is 0 Å². The van der Waals surface area contributed by atoms with Gasteiger partial charge >= 0.3 is 0 Å². The summed E-state index contributed by atoms with van der Waals surface area (Å²) in [7, 11) is 3.23. The molecule has 20 nitrogen and oxygen atoms in total. The summed E-state index contributed by atoms with van der Waals surface area (Å²) >= 11 is 0. The highest BCUT2D eigenvalue weighted by atomic mass is 16.5. The minimum Gasteiger partial charge on any atom is -0.494 e. The molecule has 2 aromatic carbocycles. The first-order valence-corrected chi connectivity index (χ1v) is 21.0. The number of methoxy groups -OCH3 is 1. The summed E-state index contributed by atoms with van der Waals surface area (Å²) < 4.78 is 20.9. The van der Waals surface area contributed by atoms with Gasteiger partial charge in [0.15, 0.2) is 6.29 Å². The third-order valence-corrected chi connectivity index (χ3v) is 9.81. The predicted octanol–water partition coefficient (Wildman–Crippen LogP) is 3.37. The Labute approximate surface area is 378 Å². The number of allylic oxidation sites excluding steroid dienone is 3. The lowest BCUT2D eigenvalue weighted by Crippen LogP contribution is -2.39. The van der Waals surface area contributed by atoms with Gasteiger partial charge in [-0.1, -0.05) is 24.3 Å². The van der Waals surface area contributed by atoms with Crippen LogP contribution in [-0.4, -0.2) is 134 Å². The number of rotatable bonds is 22. The normalized spacial score (nSPS) is 13.4. The van der Waals surface area contributed by atoms with Gasteiger partial charge in [-0.05, 0) is 70.8 Å². The molecule has 0 atom stereocenters. The highest BCUT2D eigenvalue weighted by Gasteiger charge is 2.22. The number of amides is 3. The molecular weight excluding hydrogens is 835 g/mol. The highest BCUT2D eigenvalue weighted by molar-refractivity contribution is 6.33. The zero-order valence-electron chi connectivity index (χ0n) is 38.0. The van der Waals surface area contributed by atoms with Crippen LogP contribution < -0.4 is 42.2 Å². The number of fused-ring (bicyclic) bond motifs is 1. The Kier molecular flexibility index (Phi) is 19.4. The molecule has 20 heteroatoms. The van der Waals surface area contributed by atoms with Crippen LogP contribution in [0.5, 0.6) is 11.5 Å². The summed E-state index contributed by atoms with van der Waals surface area (Å²) in [5, 5.41) is 10.5. The van der Waals surface area contributed by atoms with E-state index in [0.717, 1.165) is 38.5 Å². The van der Waals surface area contributed by atoms with Crippen LogP contribution in [0.3, 0.4) is 0 Å². The van der Waals surface area contributed by atoms with Crippen LogP contribution in [0.25, 0.3) is 11.0 Å². The number of aldehydes is 1. The number of primary amides is 2. The summed E-state index contributed by atoms with van der Waals surface area (Å²) in [6.07, 6.45) is 10.1. The number of morpholine rings is 1. The second-order valence-corrected chi connectivity index (χ2v) is 14.5. The van der Waals surface area contributed by atoms with E-state index in [9.17, 15) is 19.2 Å². The van der Waals surface area contributed by atoms with Crippen LogP contribution in [0.4, 0.5) is 17.3 Å². The van der Waals surface area contributed by atoms with Crippen LogP contribution in [-0.2, 0) is 22.6 Å². The Balaban J connectivity index is 0.000000825. The van der Waals surface area contributed by atoms with Crippen molar-refractivity contribution in [1.82, 2.24) is 29.5 Å². The van der Waals surface area contributed by atoms with E-state index in [-0.39, 0.29) is 36.9 Å². The van der Waals surface area contributed by atoms with Crippen molar-refractivity contribution in [2.75, 3.05) is 83.6 Å². The monoisotopic (exact) mass is 895 g/mol. The Bertz CT molecular complexity index is 2420. The summed E-state index contributed by atoms with van der Waals surface area (Å²) in [6.45, 7) is 17.1. The fourth-order valence-corrected chi connectivity index (χ4v) is 6.77. The first-order chi connectivity index (χ1) is 31.3. The van der Waals surface area contributed by atoms with Crippen molar-refractivity contribution in [2.24, 2.45) is 27.2 Å². The van der Waals surface area contributed by atoms with E-state index in [1.54, 1.807) is 42.9 Å². The number of anilines is 2. The number of aromatic nitrogens is 4. The number of nitrogens with two attached hydrogens (primary N) is 3. The molecule has 0 unspecified atom stereocenters. The average Bonchev–Trinajstić information content (AvgIpc) is 3.87. The van der Waals surface area contributed by atoms with Crippen molar-refractivity contribution < 1.29 is 33.4 Å². The molecule has 1 aliphatic heterocycles. The lowest BCUT2D eigenvalue weighted by molar-refractivity contribution is -0.102. The summed E-state index contributed by atoms with van der Waals surface area (Å²) in [4.78, 5) is 64.8. The average molecular weight is 896 g/mol. The summed E-state index contributed by atoms with van der Waals surface area (Å²) in [6, 6.07) is 8.05. The van der Waals surface area contributed by atoms with Crippen LogP contribution in [0.2, 0.25) is 0 Å². The zero-order chi connectivity index (χ0) is 47.5. The topological polar surface area (TPSA) is 265 Å². The van der Waals surface area contributed by atoms with Gasteiger partial charge in [0.1, 0.15) is 35.0 Å². The molecule has 0 radical (unpaired) electrons. The number of hydrogen-bond donors (Lipinski definition) is 5. The third kappa shape index (κ3) is 14.1. The number of nitrogens with zero attached hydrogens (tertiary/aromatic N) is 8. The quantitative estimate of drug-likeness (QED) is 0.0328. The second kappa shape index (κ2) is 25.1. The fourth-order valence-electron chi connectivity index (χ4n) is 6.77. The molecule has 1 fully saturated rings. The van der Waals surface area contributed by atoms with E-state index in [1.165, 1.54) is 19.2 Å². The molecule has 4 aromatic rings. The molecule has 348 valence electrons. The number of carbonyl (C=O) groups excluding carboxylic acids is 4. The van der Waals surface area contributed by atoms with E-state index in [0.29, 0.717) is 82.9 Å². The Morgan fingerprint density at radius 1 is 0.985 bits per heavy atom. The predicted molar refractivity (Wildman–Crippen MR) is 254 cm³/mol. The number of nitrogens with one attached hydrogen (secondary N) is 2. The van der Waals surface area contributed by atoms with E-state index in [2.05, 4.69) is 43.4 Å². The van der Waals surface area contributed by atoms with Crippen LogP contribution >= 0.6 is 0 Å². The lowest BCUT2D eigenvalue weighted by atomic mass is 10.1. The summed E-state index contributed by atoms with van der Waals surface area (Å²) in [5.74, 6) is -0.246. The van der Waals surface area contributed by atoms with Crippen molar-refractivity contribution in [3.63, 3.8) is 0 Å². The minimum absolute atomic E-state index is 0.0363. The SMILES string of the molecule is C=Nc1cc(C(N)=O)cc(OC)c1N(C/C=C/Cn1c(NC)nc2cc(C(N)=O)cc(OC/C=C\CN3CCOCC3)c21)CNC(=O)c1cc(C)nn1CC.CCN=C(C=O)/C=C(/C)N. The number of ether oxygens (including phenoxy) is 3. The maximum Gasteiger partial charge on any atom is 0.270 e. The molecule has 0 aliphatic carbocycles. The molecular formula is C45H61N13O7. The fraction of sp³-hybridized carbons (Fsp3) is 0.378. The third-order valence-electron chi connectivity index (χ3n) is 9.81. The molecule has 2 aromatic heterocycles. The largest absolute Gasteiger partial charge is 0.494 e. The molecule has 8 N–H and O–H groups in total. The first-order valence-electron chi connectivity index (χ1n) is 21.0. The Hall–Kier alpha value is -7.32. The van der Waals surface area contributed by atoms with Crippen molar-refractivity contribution in [3.8, 4) is 11.5 Å². The van der Waals surface area contributed by atoms with Crippen molar-refractivity contribution in [2.45, 2.75) is 40.8 Å². The highest BCUT2D eigenvalue weighted by Crippen LogP contribution is 2.39. The maximum absolute atomic E-state index is 13.4. The molecule has 0 saturated carbocycles. The van der Waals surface area contributed by atoms with Gasteiger partial charge in [0.05, 0.1) is 49.6 Å². The van der Waals surface area contributed by atoms with E-state index >= 15 is 0 Å². The van der Waals surface area contributed by atoms with Crippen molar-refractivity contribution in [1.29, 1.82) is 0 Å². The van der Waals surface area contributed by atoms with Gasteiger partial charge in [0.25, 0.3) is 5.91 Å².